The van der Waals surface area contributed by atoms with Crippen LogP contribution in [-0.2, 0) is 6.54 Å². The number of likely N-dealkylation sites (tertiary alicyclic amines) is 2. The number of aryl methyl sites for hydroxylation is 1. The lowest BCUT2D eigenvalue weighted by Gasteiger charge is -2.39. The average molecular weight is 411 g/mol. The number of hydrogen-bond donors (Lipinski definition) is 0. The van der Waals surface area contributed by atoms with Gasteiger partial charge in [-0.1, -0.05) is 32.0 Å². The van der Waals surface area contributed by atoms with Gasteiger partial charge in [-0.15, -0.1) is 0 Å². The third kappa shape index (κ3) is 4.56. The van der Waals surface area contributed by atoms with E-state index in [4.69, 9.17) is 9.15 Å². The van der Waals surface area contributed by atoms with Crippen molar-refractivity contribution in [2.45, 2.75) is 46.6 Å². The second-order valence-corrected chi connectivity index (χ2v) is 9.46. The number of hydrogen-bond acceptors (Lipinski definition) is 4. The summed E-state index contributed by atoms with van der Waals surface area (Å²) in [6.07, 6.45) is 4.98. The van der Waals surface area contributed by atoms with Gasteiger partial charge in [-0.2, -0.15) is 0 Å². The van der Waals surface area contributed by atoms with E-state index in [1.807, 2.05) is 11.8 Å². The molecule has 162 valence electrons. The van der Waals surface area contributed by atoms with E-state index in [0.29, 0.717) is 22.7 Å². The molecule has 0 bridgehead atoms. The van der Waals surface area contributed by atoms with E-state index in [1.54, 1.807) is 12.3 Å². The van der Waals surface area contributed by atoms with Crippen LogP contribution in [0.15, 0.2) is 41.0 Å². The Morgan fingerprint density at radius 1 is 1.13 bits per heavy atom. The van der Waals surface area contributed by atoms with Crippen LogP contribution in [0.2, 0.25) is 0 Å². The van der Waals surface area contributed by atoms with Crippen molar-refractivity contribution in [2.75, 3.05) is 32.8 Å². The summed E-state index contributed by atoms with van der Waals surface area (Å²) in [6, 6.07) is 10.2. The molecule has 2 fully saturated rings. The van der Waals surface area contributed by atoms with Gasteiger partial charge in [-0.25, -0.2) is 0 Å². The van der Waals surface area contributed by atoms with Crippen molar-refractivity contribution >= 4 is 5.91 Å². The van der Waals surface area contributed by atoms with Gasteiger partial charge in [0.05, 0.1) is 18.4 Å². The van der Waals surface area contributed by atoms with Crippen LogP contribution >= 0.6 is 0 Å². The number of carbonyl (C=O) groups excluding carboxylic acids is 1. The van der Waals surface area contributed by atoms with Crippen LogP contribution in [0.5, 0.6) is 5.75 Å². The van der Waals surface area contributed by atoms with Gasteiger partial charge in [0.25, 0.3) is 5.91 Å². The molecule has 5 heteroatoms. The molecule has 2 saturated heterocycles. The number of amides is 1. The maximum atomic E-state index is 12.8. The first-order valence-corrected chi connectivity index (χ1v) is 11.2. The molecule has 0 atom stereocenters. The molecule has 3 heterocycles. The molecular weight excluding hydrogens is 376 g/mol. The Morgan fingerprint density at radius 3 is 2.57 bits per heavy atom. The van der Waals surface area contributed by atoms with Crippen LogP contribution in [0.25, 0.3) is 0 Å². The van der Waals surface area contributed by atoms with Crippen molar-refractivity contribution in [3.63, 3.8) is 0 Å². The molecule has 1 aromatic heterocycles. The SMILES string of the molecule is Cc1occc1C(=O)N1CCC2(CCN(Cc3ccccc3OCC(C)C)C2)CC1. The molecular formula is C25H34N2O3. The van der Waals surface area contributed by atoms with Crippen LogP contribution in [0, 0.1) is 18.3 Å². The molecule has 2 aliphatic heterocycles. The number of carbonyl (C=O) groups is 1. The minimum Gasteiger partial charge on any atom is -0.493 e. The third-order valence-electron chi connectivity index (χ3n) is 6.66. The number of nitrogens with zero attached hydrogens (tertiary/aromatic N) is 2. The molecule has 0 saturated carbocycles. The highest BCUT2D eigenvalue weighted by Crippen LogP contribution is 2.41. The van der Waals surface area contributed by atoms with Gasteiger partial charge < -0.3 is 14.1 Å². The first-order valence-electron chi connectivity index (χ1n) is 11.2. The lowest BCUT2D eigenvalue weighted by Crippen LogP contribution is -2.44. The number of piperidine rings is 1. The zero-order valence-corrected chi connectivity index (χ0v) is 18.5. The fourth-order valence-corrected chi connectivity index (χ4v) is 4.80. The third-order valence-corrected chi connectivity index (χ3v) is 6.66. The summed E-state index contributed by atoms with van der Waals surface area (Å²) in [5.41, 5.74) is 2.32. The number of benzene rings is 1. The smallest absolute Gasteiger partial charge is 0.257 e. The monoisotopic (exact) mass is 410 g/mol. The molecule has 0 radical (unpaired) electrons. The fraction of sp³-hybridized carbons (Fsp3) is 0.560. The van der Waals surface area contributed by atoms with E-state index in [-0.39, 0.29) is 5.91 Å². The van der Waals surface area contributed by atoms with Crippen molar-refractivity contribution < 1.29 is 13.9 Å². The summed E-state index contributed by atoms with van der Waals surface area (Å²) in [5, 5.41) is 0. The zero-order chi connectivity index (χ0) is 21.1. The Labute approximate surface area is 180 Å². The lowest BCUT2D eigenvalue weighted by atomic mass is 9.77. The van der Waals surface area contributed by atoms with Gasteiger partial charge in [0, 0.05) is 31.7 Å². The summed E-state index contributed by atoms with van der Waals surface area (Å²) in [4.78, 5) is 17.3. The molecule has 2 aromatic rings. The topological polar surface area (TPSA) is 45.9 Å². The van der Waals surface area contributed by atoms with Gasteiger partial charge in [-0.05, 0) is 56.2 Å². The van der Waals surface area contributed by atoms with Gasteiger partial charge in [0.2, 0.25) is 0 Å². The fourth-order valence-electron chi connectivity index (χ4n) is 4.80. The Hall–Kier alpha value is -2.27. The molecule has 0 aliphatic carbocycles. The Kier molecular flexibility index (Phi) is 6.19. The second kappa shape index (κ2) is 8.84. The van der Waals surface area contributed by atoms with E-state index in [9.17, 15) is 4.79 Å². The predicted molar refractivity (Wildman–Crippen MR) is 118 cm³/mol. The number of para-hydroxylation sites is 1. The first-order chi connectivity index (χ1) is 14.5. The van der Waals surface area contributed by atoms with E-state index in [0.717, 1.165) is 57.9 Å². The average Bonchev–Trinajstić information content (AvgIpc) is 3.33. The first kappa shape index (κ1) is 21.0. The summed E-state index contributed by atoms with van der Waals surface area (Å²) in [5.74, 6) is 2.36. The van der Waals surface area contributed by atoms with Gasteiger partial charge >= 0.3 is 0 Å². The molecule has 2 aliphatic rings. The second-order valence-electron chi connectivity index (χ2n) is 9.46. The van der Waals surface area contributed by atoms with Crippen molar-refractivity contribution in [3.05, 3.63) is 53.5 Å². The minimum absolute atomic E-state index is 0.113. The van der Waals surface area contributed by atoms with Crippen LogP contribution in [0.1, 0.15) is 54.8 Å². The van der Waals surface area contributed by atoms with Crippen LogP contribution in [0.4, 0.5) is 0 Å². The zero-order valence-electron chi connectivity index (χ0n) is 18.5. The summed E-state index contributed by atoms with van der Waals surface area (Å²) in [7, 11) is 0. The van der Waals surface area contributed by atoms with Crippen LogP contribution < -0.4 is 4.74 Å². The Balaban J connectivity index is 1.33. The maximum absolute atomic E-state index is 12.8. The summed E-state index contributed by atoms with van der Waals surface area (Å²) in [6.45, 7) is 11.8. The standard InChI is InChI=1S/C25H34N2O3/c1-19(2)17-30-23-7-5-4-6-21(23)16-26-12-9-25(18-26)10-13-27(14-11-25)24(28)22-8-15-29-20(22)3/h4-8,15,19H,9-14,16-18H2,1-3H3. The van der Waals surface area contributed by atoms with E-state index >= 15 is 0 Å². The Bertz CT molecular complexity index is 865. The number of furan rings is 1. The molecule has 4 rings (SSSR count). The van der Waals surface area contributed by atoms with Gasteiger partial charge in [-0.3, -0.25) is 9.69 Å². The molecule has 0 N–H and O–H groups in total. The highest BCUT2D eigenvalue weighted by Gasteiger charge is 2.41. The lowest BCUT2D eigenvalue weighted by molar-refractivity contribution is 0.0586. The number of ether oxygens (including phenoxy) is 1. The van der Waals surface area contributed by atoms with Crippen LogP contribution in [-0.4, -0.2) is 48.5 Å². The minimum atomic E-state index is 0.113. The number of rotatable bonds is 6. The molecule has 1 aromatic carbocycles. The van der Waals surface area contributed by atoms with E-state index in [1.165, 1.54) is 12.0 Å². The van der Waals surface area contributed by atoms with Crippen molar-refractivity contribution in [1.29, 1.82) is 0 Å². The maximum Gasteiger partial charge on any atom is 0.257 e. The summed E-state index contributed by atoms with van der Waals surface area (Å²) < 4.78 is 11.4. The van der Waals surface area contributed by atoms with Gasteiger partial charge in [0.1, 0.15) is 11.5 Å². The largest absolute Gasteiger partial charge is 0.493 e. The van der Waals surface area contributed by atoms with Gasteiger partial charge in [0.15, 0.2) is 0 Å². The molecule has 1 amide bonds. The predicted octanol–water partition coefficient (Wildman–Crippen LogP) is 4.75. The molecule has 1 spiro atoms. The van der Waals surface area contributed by atoms with E-state index < -0.39 is 0 Å². The highest BCUT2D eigenvalue weighted by atomic mass is 16.5. The van der Waals surface area contributed by atoms with Crippen molar-refractivity contribution in [2.24, 2.45) is 11.3 Å². The normalized spacial score (nSPS) is 19.0. The summed E-state index contributed by atoms with van der Waals surface area (Å²) >= 11 is 0. The molecule has 5 nitrogen and oxygen atoms in total. The van der Waals surface area contributed by atoms with E-state index in [2.05, 4.69) is 43.0 Å². The quantitative estimate of drug-likeness (QED) is 0.689. The molecule has 30 heavy (non-hydrogen) atoms. The highest BCUT2D eigenvalue weighted by molar-refractivity contribution is 5.95. The molecule has 0 unspecified atom stereocenters. The van der Waals surface area contributed by atoms with Crippen LogP contribution in [0.3, 0.4) is 0 Å². The van der Waals surface area contributed by atoms with Crippen molar-refractivity contribution in [3.8, 4) is 5.75 Å². The van der Waals surface area contributed by atoms with Crippen molar-refractivity contribution in [1.82, 2.24) is 9.80 Å². The Morgan fingerprint density at radius 2 is 1.87 bits per heavy atom.